The van der Waals surface area contributed by atoms with Gasteiger partial charge in [0.15, 0.2) is 0 Å². The van der Waals surface area contributed by atoms with Crippen molar-refractivity contribution in [3.8, 4) is 0 Å². The number of rotatable bonds is 3. The van der Waals surface area contributed by atoms with Crippen molar-refractivity contribution < 1.29 is 0 Å². The minimum absolute atomic E-state index is 0.421. The maximum Gasteiger partial charge on any atom is 0.0119 e. The van der Waals surface area contributed by atoms with Crippen molar-refractivity contribution in [3.05, 3.63) is 0 Å². The molecule has 0 aromatic rings. The van der Waals surface area contributed by atoms with Crippen LogP contribution >= 0.6 is 0 Å². The lowest BCUT2D eigenvalue weighted by Gasteiger charge is -2.36. The van der Waals surface area contributed by atoms with E-state index in [1.807, 2.05) is 0 Å². The van der Waals surface area contributed by atoms with E-state index >= 15 is 0 Å². The van der Waals surface area contributed by atoms with E-state index in [9.17, 15) is 0 Å². The van der Waals surface area contributed by atoms with Gasteiger partial charge in [0, 0.05) is 6.04 Å². The maximum absolute atomic E-state index is 6.27. The molecule has 1 fully saturated rings. The quantitative estimate of drug-likeness (QED) is 0.690. The van der Waals surface area contributed by atoms with Crippen molar-refractivity contribution >= 4 is 0 Å². The fourth-order valence-electron chi connectivity index (χ4n) is 2.71. The summed E-state index contributed by atoms with van der Waals surface area (Å²) in [5.41, 5.74) is 6.76. The van der Waals surface area contributed by atoms with E-state index in [2.05, 4.69) is 20.8 Å². The van der Waals surface area contributed by atoms with Crippen LogP contribution in [-0.2, 0) is 0 Å². The molecule has 0 bridgehead atoms. The first kappa shape index (κ1) is 10.0. The smallest absolute Gasteiger partial charge is 0.0119 e. The predicted molar refractivity (Wildman–Crippen MR) is 54.0 cm³/mol. The fraction of sp³-hybridized carbons (Fsp3) is 1.00. The molecule has 0 amide bonds. The lowest BCUT2D eigenvalue weighted by atomic mass is 9.72. The minimum Gasteiger partial charge on any atom is -0.327 e. The van der Waals surface area contributed by atoms with Crippen molar-refractivity contribution in [1.29, 1.82) is 0 Å². The van der Waals surface area contributed by atoms with Crippen molar-refractivity contribution in [2.45, 2.75) is 58.9 Å². The van der Waals surface area contributed by atoms with E-state index in [1.165, 1.54) is 32.1 Å². The summed E-state index contributed by atoms with van der Waals surface area (Å²) in [6, 6.07) is 0.421. The molecule has 1 aliphatic rings. The average molecular weight is 169 g/mol. The molecule has 12 heavy (non-hydrogen) atoms. The standard InChI is InChI=1S/C11H23N/c1-4-11(7-5-6-8-11)10(12)9(2)3/h9-10H,4-8,12H2,1-3H3. The van der Waals surface area contributed by atoms with Crippen LogP contribution < -0.4 is 5.73 Å². The first-order valence-electron chi connectivity index (χ1n) is 5.38. The molecule has 0 spiro atoms. The Bertz CT molecular complexity index is 134. The van der Waals surface area contributed by atoms with Gasteiger partial charge in [-0.05, 0) is 30.6 Å². The van der Waals surface area contributed by atoms with Gasteiger partial charge >= 0.3 is 0 Å². The van der Waals surface area contributed by atoms with E-state index < -0.39 is 0 Å². The highest BCUT2D eigenvalue weighted by Crippen LogP contribution is 2.44. The van der Waals surface area contributed by atoms with Crippen LogP contribution in [0.25, 0.3) is 0 Å². The largest absolute Gasteiger partial charge is 0.327 e. The van der Waals surface area contributed by atoms with E-state index in [0.717, 1.165) is 0 Å². The zero-order chi connectivity index (χ0) is 9.19. The molecule has 1 saturated carbocycles. The van der Waals surface area contributed by atoms with Gasteiger partial charge in [0.25, 0.3) is 0 Å². The van der Waals surface area contributed by atoms with Crippen LogP contribution in [0.3, 0.4) is 0 Å². The second kappa shape index (κ2) is 3.78. The number of hydrogen-bond acceptors (Lipinski definition) is 1. The van der Waals surface area contributed by atoms with Crippen molar-refractivity contribution in [2.75, 3.05) is 0 Å². The lowest BCUT2D eigenvalue weighted by molar-refractivity contribution is 0.180. The van der Waals surface area contributed by atoms with Gasteiger partial charge in [0.2, 0.25) is 0 Å². The molecule has 0 aliphatic heterocycles. The van der Waals surface area contributed by atoms with Crippen molar-refractivity contribution in [2.24, 2.45) is 17.1 Å². The Labute approximate surface area is 76.7 Å². The first-order chi connectivity index (χ1) is 5.62. The van der Waals surface area contributed by atoms with Crippen LogP contribution in [-0.4, -0.2) is 6.04 Å². The maximum atomic E-state index is 6.27. The molecule has 1 aliphatic carbocycles. The van der Waals surface area contributed by atoms with Crippen LogP contribution in [0.15, 0.2) is 0 Å². The Morgan fingerprint density at radius 3 is 2.08 bits per heavy atom. The van der Waals surface area contributed by atoms with Gasteiger partial charge in [0.05, 0.1) is 0 Å². The van der Waals surface area contributed by atoms with Gasteiger partial charge in [-0.1, -0.05) is 33.6 Å². The molecule has 1 unspecified atom stereocenters. The van der Waals surface area contributed by atoms with Gasteiger partial charge in [-0.2, -0.15) is 0 Å². The van der Waals surface area contributed by atoms with Crippen LogP contribution in [0.4, 0.5) is 0 Å². The number of nitrogens with two attached hydrogens (primary N) is 1. The van der Waals surface area contributed by atoms with Crippen LogP contribution in [0.5, 0.6) is 0 Å². The molecule has 0 heterocycles. The Hall–Kier alpha value is -0.0400. The van der Waals surface area contributed by atoms with Crippen molar-refractivity contribution in [3.63, 3.8) is 0 Å². The molecule has 0 radical (unpaired) electrons. The second-order valence-corrected chi connectivity index (χ2v) is 4.69. The van der Waals surface area contributed by atoms with Gasteiger partial charge in [-0.25, -0.2) is 0 Å². The highest BCUT2D eigenvalue weighted by Gasteiger charge is 2.38. The molecule has 1 atom stereocenters. The van der Waals surface area contributed by atoms with Crippen molar-refractivity contribution in [1.82, 2.24) is 0 Å². The number of hydrogen-bond donors (Lipinski definition) is 1. The Balaban J connectivity index is 2.65. The van der Waals surface area contributed by atoms with Crippen LogP contribution in [0.1, 0.15) is 52.9 Å². The zero-order valence-corrected chi connectivity index (χ0v) is 8.77. The van der Waals surface area contributed by atoms with E-state index in [4.69, 9.17) is 5.73 Å². The Kier molecular flexibility index (Phi) is 3.16. The molecule has 1 rings (SSSR count). The SMILES string of the molecule is CCC1(C(N)C(C)C)CCCC1. The molecule has 1 heteroatoms. The molecular formula is C11H23N. The normalized spacial score (nSPS) is 24.8. The average Bonchev–Trinajstić information content (AvgIpc) is 2.52. The third-order valence-corrected chi connectivity index (χ3v) is 3.73. The Morgan fingerprint density at radius 1 is 1.25 bits per heavy atom. The molecule has 1 nitrogen and oxygen atoms in total. The summed E-state index contributed by atoms with van der Waals surface area (Å²) >= 11 is 0. The monoisotopic (exact) mass is 169 g/mol. The minimum atomic E-state index is 0.421. The second-order valence-electron chi connectivity index (χ2n) is 4.69. The highest BCUT2D eigenvalue weighted by atomic mass is 14.7. The fourth-order valence-corrected chi connectivity index (χ4v) is 2.71. The third-order valence-electron chi connectivity index (χ3n) is 3.73. The summed E-state index contributed by atoms with van der Waals surface area (Å²) in [7, 11) is 0. The first-order valence-corrected chi connectivity index (χ1v) is 5.38. The summed E-state index contributed by atoms with van der Waals surface area (Å²) in [4.78, 5) is 0. The van der Waals surface area contributed by atoms with Crippen LogP contribution in [0, 0.1) is 11.3 Å². The summed E-state index contributed by atoms with van der Waals surface area (Å²) in [5, 5.41) is 0. The molecule has 0 aromatic carbocycles. The summed E-state index contributed by atoms with van der Waals surface area (Å²) in [6.07, 6.45) is 6.79. The molecule has 72 valence electrons. The van der Waals surface area contributed by atoms with Crippen LogP contribution in [0.2, 0.25) is 0 Å². The zero-order valence-electron chi connectivity index (χ0n) is 8.77. The third kappa shape index (κ3) is 1.66. The summed E-state index contributed by atoms with van der Waals surface area (Å²) < 4.78 is 0. The van der Waals surface area contributed by atoms with Gasteiger partial charge in [-0.15, -0.1) is 0 Å². The molecular weight excluding hydrogens is 146 g/mol. The molecule has 0 saturated heterocycles. The summed E-state index contributed by atoms with van der Waals surface area (Å²) in [6.45, 7) is 6.80. The van der Waals surface area contributed by atoms with Gasteiger partial charge in [-0.3, -0.25) is 0 Å². The van der Waals surface area contributed by atoms with Gasteiger partial charge < -0.3 is 5.73 Å². The van der Waals surface area contributed by atoms with E-state index in [-0.39, 0.29) is 0 Å². The topological polar surface area (TPSA) is 26.0 Å². The van der Waals surface area contributed by atoms with E-state index in [0.29, 0.717) is 17.4 Å². The lowest BCUT2D eigenvalue weighted by Crippen LogP contribution is -2.43. The molecule has 0 aromatic heterocycles. The summed E-state index contributed by atoms with van der Waals surface area (Å²) in [5.74, 6) is 0.642. The van der Waals surface area contributed by atoms with Gasteiger partial charge in [0.1, 0.15) is 0 Å². The molecule has 2 N–H and O–H groups in total. The highest BCUT2D eigenvalue weighted by molar-refractivity contribution is 4.93. The van der Waals surface area contributed by atoms with E-state index in [1.54, 1.807) is 0 Å². The predicted octanol–water partition coefficient (Wildman–Crippen LogP) is 2.94. The Morgan fingerprint density at radius 2 is 1.75 bits per heavy atom.